The first-order chi connectivity index (χ1) is 9.86. The van der Waals surface area contributed by atoms with Crippen LogP contribution in [-0.2, 0) is 14.8 Å². The van der Waals surface area contributed by atoms with E-state index in [-0.39, 0.29) is 25.9 Å². The van der Waals surface area contributed by atoms with Crippen molar-refractivity contribution in [2.45, 2.75) is 4.21 Å². The Balaban J connectivity index is 2.42. The number of carbonyl (C=O) groups is 1. The molecule has 0 fully saturated rings. The van der Waals surface area contributed by atoms with Crippen LogP contribution >= 0.6 is 34.5 Å². The van der Waals surface area contributed by atoms with Crippen molar-refractivity contribution in [3.05, 3.63) is 27.7 Å². The second-order valence-electron chi connectivity index (χ2n) is 3.41. The fourth-order valence-corrected chi connectivity index (χ4v) is 3.74. The molecule has 2 aromatic heterocycles. The number of halogens is 2. The van der Waals surface area contributed by atoms with Crippen LogP contribution in [-0.4, -0.2) is 36.4 Å². The van der Waals surface area contributed by atoms with Crippen molar-refractivity contribution in [3.63, 3.8) is 0 Å². The molecule has 2 rings (SSSR count). The number of sulfonamides is 1. The number of carbonyl (C=O) groups excluding carboxylic acids is 1. The molecule has 21 heavy (non-hydrogen) atoms. The van der Waals surface area contributed by atoms with Crippen LogP contribution in [0.2, 0.25) is 10.2 Å². The highest BCUT2D eigenvalue weighted by Crippen LogP contribution is 2.29. The van der Waals surface area contributed by atoms with Gasteiger partial charge in [-0.25, -0.2) is 28.2 Å². The molecule has 0 aliphatic carbocycles. The zero-order valence-corrected chi connectivity index (χ0v) is 13.3. The van der Waals surface area contributed by atoms with E-state index >= 15 is 0 Å². The summed E-state index contributed by atoms with van der Waals surface area (Å²) in [5.74, 6) is -1.08. The Bertz CT molecular complexity index is 793. The van der Waals surface area contributed by atoms with Gasteiger partial charge in [0.05, 0.1) is 12.6 Å². The molecule has 0 bridgehead atoms. The van der Waals surface area contributed by atoms with Crippen LogP contribution in [0.3, 0.4) is 0 Å². The summed E-state index contributed by atoms with van der Waals surface area (Å²) in [6.07, 6.45) is 1.04. The van der Waals surface area contributed by atoms with Gasteiger partial charge < -0.3 is 4.74 Å². The molecule has 12 heteroatoms. The molecule has 0 saturated carbocycles. The number of methoxy groups -OCH3 is 1. The molecular formula is C9H6Cl2N4O4S2. The van der Waals surface area contributed by atoms with Gasteiger partial charge >= 0.3 is 5.97 Å². The van der Waals surface area contributed by atoms with Crippen molar-refractivity contribution in [2.75, 3.05) is 11.8 Å². The normalized spacial score (nSPS) is 11.2. The molecule has 0 aromatic carbocycles. The SMILES string of the molecule is COC(=O)c1ncsc1S(=O)(=O)Nc1ncnc(Cl)c1Cl. The lowest BCUT2D eigenvalue weighted by Crippen LogP contribution is -2.17. The number of nitrogens with zero attached hydrogens (tertiary/aromatic N) is 3. The van der Waals surface area contributed by atoms with Crippen molar-refractivity contribution >= 4 is 56.3 Å². The lowest BCUT2D eigenvalue weighted by molar-refractivity contribution is 0.0590. The third-order valence-corrected chi connectivity index (χ3v) is 5.59. The van der Waals surface area contributed by atoms with E-state index in [1.54, 1.807) is 0 Å². The van der Waals surface area contributed by atoms with Gasteiger partial charge in [0.2, 0.25) is 0 Å². The third kappa shape index (κ3) is 3.23. The van der Waals surface area contributed by atoms with Crippen molar-refractivity contribution in [1.29, 1.82) is 0 Å². The molecule has 0 atom stereocenters. The van der Waals surface area contributed by atoms with Gasteiger partial charge in [-0.3, -0.25) is 4.72 Å². The Hall–Kier alpha value is -1.49. The molecule has 112 valence electrons. The molecule has 0 saturated heterocycles. The monoisotopic (exact) mass is 368 g/mol. The molecule has 2 aromatic rings. The third-order valence-electron chi connectivity index (χ3n) is 2.14. The topological polar surface area (TPSA) is 111 Å². The quantitative estimate of drug-likeness (QED) is 0.646. The van der Waals surface area contributed by atoms with E-state index in [9.17, 15) is 13.2 Å². The molecule has 0 unspecified atom stereocenters. The van der Waals surface area contributed by atoms with Crippen molar-refractivity contribution in [1.82, 2.24) is 15.0 Å². The first-order valence-corrected chi connectivity index (χ1v) is 8.19. The van der Waals surface area contributed by atoms with Crippen molar-refractivity contribution in [3.8, 4) is 0 Å². The Labute approximate surface area is 133 Å². The molecular weight excluding hydrogens is 363 g/mol. The largest absolute Gasteiger partial charge is 0.464 e. The van der Waals surface area contributed by atoms with E-state index in [1.807, 2.05) is 0 Å². The predicted molar refractivity (Wildman–Crippen MR) is 76.3 cm³/mol. The van der Waals surface area contributed by atoms with Gasteiger partial charge in [-0.15, -0.1) is 11.3 Å². The van der Waals surface area contributed by atoms with Gasteiger partial charge in [0.25, 0.3) is 10.0 Å². The summed E-state index contributed by atoms with van der Waals surface area (Å²) in [6.45, 7) is 0. The Morgan fingerprint density at radius 3 is 2.71 bits per heavy atom. The van der Waals surface area contributed by atoms with Crippen molar-refractivity contribution < 1.29 is 17.9 Å². The number of esters is 1. The first kappa shape index (κ1) is 15.9. The average Bonchev–Trinajstić information content (AvgIpc) is 2.93. The van der Waals surface area contributed by atoms with Crippen LogP contribution < -0.4 is 4.72 Å². The van der Waals surface area contributed by atoms with Crippen LogP contribution in [0.15, 0.2) is 16.0 Å². The van der Waals surface area contributed by atoms with E-state index < -0.39 is 16.0 Å². The number of hydrogen-bond donors (Lipinski definition) is 1. The van der Waals surface area contributed by atoms with E-state index in [4.69, 9.17) is 23.2 Å². The highest BCUT2D eigenvalue weighted by atomic mass is 35.5. The second kappa shape index (κ2) is 6.10. The summed E-state index contributed by atoms with van der Waals surface area (Å²) in [6, 6.07) is 0. The second-order valence-corrected chi connectivity index (χ2v) is 6.88. The smallest absolute Gasteiger partial charge is 0.358 e. The maximum Gasteiger partial charge on any atom is 0.358 e. The molecule has 0 amide bonds. The zero-order chi connectivity index (χ0) is 15.6. The first-order valence-electron chi connectivity index (χ1n) is 5.07. The summed E-state index contributed by atoms with van der Waals surface area (Å²) in [7, 11) is -3.01. The van der Waals surface area contributed by atoms with E-state index in [0.29, 0.717) is 0 Å². The van der Waals surface area contributed by atoms with Crippen LogP contribution in [0.4, 0.5) is 5.82 Å². The summed E-state index contributed by atoms with van der Waals surface area (Å²) in [5, 5.41) is -0.270. The maximum absolute atomic E-state index is 12.3. The molecule has 2 heterocycles. The number of hydrogen-bond acceptors (Lipinski definition) is 8. The van der Waals surface area contributed by atoms with Gasteiger partial charge in [0.15, 0.2) is 20.9 Å². The molecule has 0 aliphatic rings. The van der Waals surface area contributed by atoms with E-state index in [1.165, 1.54) is 5.51 Å². The fraction of sp³-hybridized carbons (Fsp3) is 0.111. The highest BCUT2D eigenvalue weighted by molar-refractivity contribution is 7.94. The minimum absolute atomic E-state index is 0.109. The van der Waals surface area contributed by atoms with Gasteiger partial charge in [0, 0.05) is 0 Å². The predicted octanol–water partition coefficient (Wildman–Crippen LogP) is 1.83. The molecule has 1 N–H and O–H groups in total. The summed E-state index contributed by atoms with van der Waals surface area (Å²) < 4.78 is 30.8. The lowest BCUT2D eigenvalue weighted by Gasteiger charge is -2.08. The number of anilines is 1. The van der Waals surface area contributed by atoms with Gasteiger partial charge in [-0.05, 0) is 0 Å². The van der Waals surface area contributed by atoms with Gasteiger partial charge in [-0.2, -0.15) is 0 Å². The molecule has 0 aliphatic heterocycles. The van der Waals surface area contributed by atoms with Crippen LogP contribution in [0.5, 0.6) is 0 Å². The summed E-state index contributed by atoms with van der Waals surface area (Å²) in [4.78, 5) is 22.4. The molecule has 0 spiro atoms. The van der Waals surface area contributed by atoms with E-state index in [2.05, 4.69) is 24.4 Å². The standard InChI is InChI=1S/C9H6Cl2N4O4S2/c1-19-8(16)5-9(20-3-14-5)21(17,18)15-7-4(10)6(11)12-2-13-7/h2-3H,1H3,(H,12,13,15). The maximum atomic E-state index is 12.3. The summed E-state index contributed by atoms with van der Waals surface area (Å²) >= 11 is 12.2. The van der Waals surface area contributed by atoms with Gasteiger partial charge in [0.1, 0.15) is 11.3 Å². The Morgan fingerprint density at radius 2 is 2.05 bits per heavy atom. The van der Waals surface area contributed by atoms with Crippen molar-refractivity contribution in [2.24, 2.45) is 0 Å². The number of nitrogens with one attached hydrogen (secondary N) is 1. The summed E-state index contributed by atoms with van der Waals surface area (Å²) in [5.41, 5.74) is 0.876. The fourth-order valence-electron chi connectivity index (χ4n) is 1.25. The number of rotatable bonds is 4. The van der Waals surface area contributed by atoms with E-state index in [0.717, 1.165) is 24.8 Å². The lowest BCUT2D eigenvalue weighted by atomic mass is 10.5. The Morgan fingerprint density at radius 1 is 1.33 bits per heavy atom. The highest BCUT2D eigenvalue weighted by Gasteiger charge is 2.27. The van der Waals surface area contributed by atoms with Crippen LogP contribution in [0.1, 0.15) is 10.5 Å². The minimum Gasteiger partial charge on any atom is -0.464 e. The molecule has 0 radical (unpaired) electrons. The van der Waals surface area contributed by atoms with Gasteiger partial charge in [-0.1, -0.05) is 23.2 Å². The zero-order valence-electron chi connectivity index (χ0n) is 10.2. The Kier molecular flexibility index (Phi) is 4.61. The number of aromatic nitrogens is 3. The minimum atomic E-state index is -4.12. The number of ether oxygens (including phenoxy) is 1. The molecule has 8 nitrogen and oxygen atoms in total. The average molecular weight is 369 g/mol. The number of thiazole rings is 1. The van der Waals surface area contributed by atoms with Crippen LogP contribution in [0, 0.1) is 0 Å². The van der Waals surface area contributed by atoms with Crippen LogP contribution in [0.25, 0.3) is 0 Å².